The fraction of sp³-hybridized carbons (Fsp3) is 0.286. The van der Waals surface area contributed by atoms with Crippen molar-refractivity contribution in [2.45, 2.75) is 13.5 Å². The largest absolute Gasteiger partial charge is 0.378 e. The normalized spacial score (nSPS) is 10.7. The number of rotatable bonds is 4. The number of methoxy groups -OCH3 is 1. The molecule has 20 heavy (non-hydrogen) atoms. The second-order valence-electron chi connectivity index (χ2n) is 4.30. The van der Waals surface area contributed by atoms with Crippen LogP contribution in [0.5, 0.6) is 0 Å². The molecule has 0 saturated heterocycles. The molecule has 1 aromatic carbocycles. The third-order valence-corrected chi connectivity index (χ3v) is 4.41. The van der Waals surface area contributed by atoms with Crippen LogP contribution in [0.1, 0.15) is 11.3 Å². The first-order valence-corrected chi connectivity index (χ1v) is 7.52. The molecule has 2 rings (SSSR count). The van der Waals surface area contributed by atoms with E-state index in [9.17, 15) is 0 Å². The average molecular weight is 404 g/mol. The Morgan fingerprint density at radius 2 is 2.10 bits per heavy atom. The Morgan fingerprint density at radius 1 is 1.35 bits per heavy atom. The minimum absolute atomic E-state index is 0.446. The van der Waals surface area contributed by atoms with Gasteiger partial charge in [-0.15, -0.1) is 0 Å². The lowest BCUT2D eigenvalue weighted by Gasteiger charge is -2.11. The van der Waals surface area contributed by atoms with Crippen LogP contribution in [0, 0.1) is 10.5 Å². The number of anilines is 1. The monoisotopic (exact) mass is 403 g/mol. The summed E-state index contributed by atoms with van der Waals surface area (Å²) >= 11 is 8.39. The summed E-state index contributed by atoms with van der Waals surface area (Å²) in [6.07, 6.45) is 0. The standard InChI is InChI=1S/C14H15ClIN3O/c1-8-4-5-9(6-10(8)15)13-18-11(7-20-3)12(16)14(17-2)19-13/h4-6H,7H2,1-3H3,(H,17,18,19). The fourth-order valence-corrected chi connectivity index (χ4v) is 2.60. The second-order valence-corrected chi connectivity index (χ2v) is 5.79. The Morgan fingerprint density at radius 3 is 2.70 bits per heavy atom. The minimum Gasteiger partial charge on any atom is -0.378 e. The lowest BCUT2D eigenvalue weighted by Crippen LogP contribution is -2.06. The molecule has 0 aliphatic heterocycles. The average Bonchev–Trinajstić information content (AvgIpc) is 2.44. The zero-order valence-electron chi connectivity index (χ0n) is 11.5. The van der Waals surface area contributed by atoms with Crippen LogP contribution in [0.25, 0.3) is 11.4 Å². The van der Waals surface area contributed by atoms with Crippen molar-refractivity contribution < 1.29 is 4.74 Å². The summed E-state index contributed by atoms with van der Waals surface area (Å²) in [5, 5.41) is 3.80. The molecular weight excluding hydrogens is 389 g/mol. The van der Waals surface area contributed by atoms with Crippen LogP contribution in [0.2, 0.25) is 5.02 Å². The van der Waals surface area contributed by atoms with Crippen molar-refractivity contribution in [3.05, 3.63) is 38.0 Å². The van der Waals surface area contributed by atoms with Gasteiger partial charge in [0.15, 0.2) is 5.82 Å². The third kappa shape index (κ3) is 3.21. The number of aryl methyl sites for hydroxylation is 1. The quantitative estimate of drug-likeness (QED) is 0.787. The molecule has 0 saturated carbocycles. The first-order valence-electron chi connectivity index (χ1n) is 6.06. The number of nitrogens with zero attached hydrogens (tertiary/aromatic N) is 2. The highest BCUT2D eigenvalue weighted by Crippen LogP contribution is 2.27. The zero-order valence-corrected chi connectivity index (χ0v) is 14.4. The number of benzene rings is 1. The van der Waals surface area contributed by atoms with Crippen LogP contribution in [0.3, 0.4) is 0 Å². The van der Waals surface area contributed by atoms with Crippen LogP contribution in [-0.2, 0) is 11.3 Å². The summed E-state index contributed by atoms with van der Waals surface area (Å²) in [5.74, 6) is 1.43. The maximum absolute atomic E-state index is 6.17. The SMILES string of the molecule is CNc1nc(-c2ccc(C)c(Cl)c2)nc(COC)c1I. The van der Waals surface area contributed by atoms with Crippen molar-refractivity contribution in [3.63, 3.8) is 0 Å². The van der Waals surface area contributed by atoms with Crippen molar-refractivity contribution in [1.82, 2.24) is 9.97 Å². The smallest absolute Gasteiger partial charge is 0.161 e. The van der Waals surface area contributed by atoms with Crippen molar-refractivity contribution in [1.29, 1.82) is 0 Å². The predicted molar refractivity (Wildman–Crippen MR) is 90.2 cm³/mol. The number of nitrogens with one attached hydrogen (secondary N) is 1. The van der Waals surface area contributed by atoms with Crippen molar-refractivity contribution in [3.8, 4) is 11.4 Å². The Hall–Kier alpha value is -0.920. The molecule has 0 radical (unpaired) electrons. The Balaban J connectivity index is 2.55. The molecule has 0 aliphatic carbocycles. The molecule has 0 atom stereocenters. The molecule has 0 aliphatic rings. The molecular formula is C14H15ClIN3O. The minimum atomic E-state index is 0.446. The van der Waals surface area contributed by atoms with Crippen molar-refractivity contribution in [2.24, 2.45) is 0 Å². The highest BCUT2D eigenvalue weighted by molar-refractivity contribution is 14.1. The highest BCUT2D eigenvalue weighted by Gasteiger charge is 2.13. The van der Waals surface area contributed by atoms with Gasteiger partial charge in [0.25, 0.3) is 0 Å². The molecule has 6 heteroatoms. The van der Waals surface area contributed by atoms with Crippen molar-refractivity contribution in [2.75, 3.05) is 19.5 Å². The van der Waals surface area contributed by atoms with Gasteiger partial charge in [0.2, 0.25) is 0 Å². The van der Waals surface area contributed by atoms with Gasteiger partial charge in [0.05, 0.1) is 15.9 Å². The van der Waals surface area contributed by atoms with Crippen LogP contribution < -0.4 is 5.32 Å². The van der Waals surface area contributed by atoms with E-state index < -0.39 is 0 Å². The van der Waals surface area contributed by atoms with Crippen LogP contribution >= 0.6 is 34.2 Å². The van der Waals surface area contributed by atoms with Crippen LogP contribution in [0.15, 0.2) is 18.2 Å². The number of ether oxygens (including phenoxy) is 1. The van der Waals surface area contributed by atoms with Gasteiger partial charge in [-0.3, -0.25) is 0 Å². The number of halogens is 2. The van der Waals surface area contributed by atoms with Gasteiger partial charge in [-0.2, -0.15) is 0 Å². The highest BCUT2D eigenvalue weighted by atomic mass is 127. The van der Waals surface area contributed by atoms with E-state index >= 15 is 0 Å². The Bertz CT molecular complexity index is 634. The van der Waals surface area contributed by atoms with E-state index in [0.29, 0.717) is 17.5 Å². The molecule has 1 N–H and O–H groups in total. The maximum Gasteiger partial charge on any atom is 0.161 e. The zero-order chi connectivity index (χ0) is 14.7. The fourth-order valence-electron chi connectivity index (χ4n) is 1.75. The van der Waals surface area contributed by atoms with E-state index in [1.165, 1.54) is 0 Å². The van der Waals surface area contributed by atoms with E-state index in [0.717, 1.165) is 26.2 Å². The molecule has 0 amide bonds. The third-order valence-electron chi connectivity index (χ3n) is 2.87. The van der Waals surface area contributed by atoms with Crippen LogP contribution in [-0.4, -0.2) is 24.1 Å². The van der Waals surface area contributed by atoms with Gasteiger partial charge in [0.1, 0.15) is 5.82 Å². The number of hydrogen-bond acceptors (Lipinski definition) is 4. The van der Waals surface area contributed by atoms with Gasteiger partial charge in [-0.05, 0) is 41.1 Å². The molecule has 106 valence electrons. The molecule has 4 nitrogen and oxygen atoms in total. The molecule has 2 aromatic rings. The Labute approximate surface area is 137 Å². The van der Waals surface area contributed by atoms with E-state index in [1.54, 1.807) is 7.11 Å². The second kappa shape index (κ2) is 6.69. The summed E-state index contributed by atoms with van der Waals surface area (Å²) in [6, 6.07) is 5.82. The first-order chi connectivity index (χ1) is 9.56. The summed E-state index contributed by atoms with van der Waals surface area (Å²) < 4.78 is 6.16. The van der Waals surface area contributed by atoms with Gasteiger partial charge >= 0.3 is 0 Å². The topological polar surface area (TPSA) is 47.0 Å². The van der Waals surface area contributed by atoms with Gasteiger partial charge < -0.3 is 10.1 Å². The molecule has 0 spiro atoms. The predicted octanol–water partition coefficient (Wildman–Crippen LogP) is 3.90. The lowest BCUT2D eigenvalue weighted by atomic mass is 10.1. The molecule has 0 fully saturated rings. The summed E-state index contributed by atoms with van der Waals surface area (Å²) in [6.45, 7) is 2.42. The van der Waals surface area contributed by atoms with E-state index in [4.69, 9.17) is 16.3 Å². The molecule has 1 aromatic heterocycles. The van der Waals surface area contributed by atoms with E-state index in [1.807, 2.05) is 32.2 Å². The van der Waals surface area contributed by atoms with Gasteiger partial charge in [-0.1, -0.05) is 23.7 Å². The van der Waals surface area contributed by atoms with E-state index in [2.05, 4.69) is 37.9 Å². The summed E-state index contributed by atoms with van der Waals surface area (Å²) in [7, 11) is 3.49. The van der Waals surface area contributed by atoms with Crippen molar-refractivity contribution >= 4 is 40.0 Å². The van der Waals surface area contributed by atoms with Crippen LogP contribution in [0.4, 0.5) is 5.82 Å². The molecule has 1 heterocycles. The van der Waals surface area contributed by atoms with Gasteiger partial charge in [-0.25, -0.2) is 9.97 Å². The first kappa shape index (κ1) is 15.5. The number of aromatic nitrogens is 2. The molecule has 0 bridgehead atoms. The number of hydrogen-bond donors (Lipinski definition) is 1. The Kier molecular flexibility index (Phi) is 5.17. The van der Waals surface area contributed by atoms with E-state index in [-0.39, 0.29) is 0 Å². The summed E-state index contributed by atoms with van der Waals surface area (Å²) in [4.78, 5) is 9.10. The summed E-state index contributed by atoms with van der Waals surface area (Å²) in [5.41, 5.74) is 2.79. The lowest BCUT2D eigenvalue weighted by molar-refractivity contribution is 0.181. The van der Waals surface area contributed by atoms with Gasteiger partial charge in [0, 0.05) is 24.7 Å². The molecule has 0 unspecified atom stereocenters. The maximum atomic E-state index is 6.17.